The summed E-state index contributed by atoms with van der Waals surface area (Å²) in [6.45, 7) is -0.772. The lowest BCUT2D eigenvalue weighted by Gasteiger charge is -2.09. The maximum Gasteiger partial charge on any atom is 0.321 e. The zero-order chi connectivity index (χ0) is 20.7. The first kappa shape index (κ1) is 21.6. The average Bonchev–Trinajstić information content (AvgIpc) is 2.65. The molecule has 2 rings (SSSR count). The molecule has 0 amide bonds. The Hall–Kier alpha value is -2.66. The van der Waals surface area contributed by atoms with E-state index >= 15 is 0 Å². The van der Waals surface area contributed by atoms with Crippen LogP contribution in [-0.2, 0) is 19.6 Å². The predicted octanol–water partition coefficient (Wildman–Crippen LogP) is 2.53. The van der Waals surface area contributed by atoms with Gasteiger partial charge in [-0.05, 0) is 36.4 Å². The molecule has 1 N–H and O–H groups in total. The normalized spacial score (nSPS) is 11.3. The Bertz CT molecular complexity index is 935. The number of esters is 1. The smallest absolute Gasteiger partial charge is 0.321 e. The van der Waals surface area contributed by atoms with Gasteiger partial charge in [-0.2, -0.15) is 4.72 Å². The van der Waals surface area contributed by atoms with Crippen molar-refractivity contribution in [3.63, 3.8) is 0 Å². The molecule has 152 valence electrons. The Kier molecular flexibility index (Phi) is 7.35. The molecule has 11 heteroatoms. The number of sulfonamides is 1. The third-order valence-corrected chi connectivity index (χ3v) is 4.75. The number of carbonyl (C=O) groups excluding carboxylic acids is 1. The molecule has 0 aliphatic rings. The van der Waals surface area contributed by atoms with Gasteiger partial charge in [0.1, 0.15) is 23.0 Å². The first-order chi connectivity index (χ1) is 13.2. The van der Waals surface area contributed by atoms with Crippen molar-refractivity contribution in [3.8, 4) is 5.75 Å². The van der Waals surface area contributed by atoms with Crippen molar-refractivity contribution < 1.29 is 40.2 Å². The molecule has 2 aromatic rings. The second-order valence-corrected chi connectivity index (χ2v) is 7.11. The van der Waals surface area contributed by atoms with Crippen LogP contribution in [0.1, 0.15) is 6.42 Å². The Balaban J connectivity index is 1.74. The summed E-state index contributed by atoms with van der Waals surface area (Å²) in [5, 5.41) is 0. The number of ether oxygens (including phenoxy) is 2. The van der Waals surface area contributed by atoms with Crippen molar-refractivity contribution >= 4 is 16.0 Å². The van der Waals surface area contributed by atoms with Crippen molar-refractivity contribution in [1.82, 2.24) is 4.72 Å². The highest BCUT2D eigenvalue weighted by molar-refractivity contribution is 7.89. The van der Waals surface area contributed by atoms with E-state index in [9.17, 15) is 30.8 Å². The summed E-state index contributed by atoms with van der Waals surface area (Å²) in [6.07, 6.45) is 0.271. The number of hydrogen-bond donors (Lipinski definition) is 1. The Morgan fingerprint density at radius 2 is 1.61 bits per heavy atom. The Morgan fingerprint density at radius 3 is 2.29 bits per heavy atom. The standard InChI is InChI=1S/C17H15F4NO5S/c18-11-2-4-12(5-3-11)26-8-1-9-27-15(23)10-22-28(24,25)14-7-6-13(19)16(20)17(14)21/h2-7,22H,1,8-10H2. The molecule has 0 radical (unpaired) electrons. The predicted molar refractivity (Wildman–Crippen MR) is 89.0 cm³/mol. The average molecular weight is 421 g/mol. The number of benzene rings is 2. The second kappa shape index (κ2) is 9.51. The number of nitrogens with one attached hydrogen (secondary N) is 1. The van der Waals surface area contributed by atoms with Crippen LogP contribution in [0.25, 0.3) is 0 Å². The van der Waals surface area contributed by atoms with E-state index in [1.807, 2.05) is 0 Å². The highest BCUT2D eigenvalue weighted by Crippen LogP contribution is 2.19. The fourth-order valence-corrected chi connectivity index (χ4v) is 3.00. The van der Waals surface area contributed by atoms with Gasteiger partial charge in [0.2, 0.25) is 10.0 Å². The number of hydrogen-bond acceptors (Lipinski definition) is 5. The van der Waals surface area contributed by atoms with Crippen LogP contribution in [0.4, 0.5) is 17.6 Å². The number of rotatable bonds is 9. The summed E-state index contributed by atoms with van der Waals surface area (Å²) >= 11 is 0. The molecular weight excluding hydrogens is 406 g/mol. The zero-order valence-corrected chi connectivity index (χ0v) is 15.1. The van der Waals surface area contributed by atoms with Gasteiger partial charge in [0.05, 0.1) is 13.2 Å². The molecule has 28 heavy (non-hydrogen) atoms. The second-order valence-electron chi connectivity index (χ2n) is 5.37. The lowest BCUT2D eigenvalue weighted by Crippen LogP contribution is -2.31. The fourth-order valence-electron chi connectivity index (χ4n) is 1.96. The molecule has 0 bridgehead atoms. The van der Waals surface area contributed by atoms with Crippen LogP contribution in [0.5, 0.6) is 5.75 Å². The maximum absolute atomic E-state index is 13.5. The molecule has 0 aromatic heterocycles. The number of halogens is 4. The molecule has 0 heterocycles. The lowest BCUT2D eigenvalue weighted by atomic mass is 10.3. The quantitative estimate of drug-likeness (QED) is 0.291. The Labute approximate surface area is 158 Å². The third kappa shape index (κ3) is 5.92. The minimum absolute atomic E-state index is 0.0959. The van der Waals surface area contributed by atoms with Crippen LogP contribution in [0.2, 0.25) is 0 Å². The molecule has 0 atom stereocenters. The van der Waals surface area contributed by atoms with Gasteiger partial charge in [0.15, 0.2) is 17.5 Å². The molecule has 0 unspecified atom stereocenters. The zero-order valence-electron chi connectivity index (χ0n) is 14.3. The topological polar surface area (TPSA) is 81.7 Å². The maximum atomic E-state index is 13.5. The van der Waals surface area contributed by atoms with Crippen molar-refractivity contribution in [1.29, 1.82) is 0 Å². The molecule has 0 spiro atoms. The first-order valence-corrected chi connectivity index (χ1v) is 9.36. The molecule has 6 nitrogen and oxygen atoms in total. The molecule has 2 aromatic carbocycles. The fraction of sp³-hybridized carbons (Fsp3) is 0.235. The highest BCUT2D eigenvalue weighted by Gasteiger charge is 2.24. The van der Waals surface area contributed by atoms with E-state index in [4.69, 9.17) is 9.47 Å². The monoisotopic (exact) mass is 421 g/mol. The summed E-state index contributed by atoms with van der Waals surface area (Å²) in [4.78, 5) is 10.4. The summed E-state index contributed by atoms with van der Waals surface area (Å²) in [5.74, 6) is -6.32. The minimum Gasteiger partial charge on any atom is -0.493 e. The van der Waals surface area contributed by atoms with E-state index in [-0.39, 0.29) is 19.6 Å². The van der Waals surface area contributed by atoms with Gasteiger partial charge in [0, 0.05) is 6.42 Å². The summed E-state index contributed by atoms with van der Waals surface area (Å²) in [7, 11) is -4.59. The van der Waals surface area contributed by atoms with Crippen LogP contribution in [0.3, 0.4) is 0 Å². The van der Waals surface area contributed by atoms with Gasteiger partial charge in [-0.25, -0.2) is 26.0 Å². The van der Waals surface area contributed by atoms with Crippen LogP contribution < -0.4 is 9.46 Å². The largest absolute Gasteiger partial charge is 0.493 e. The van der Waals surface area contributed by atoms with E-state index < -0.39 is 50.7 Å². The molecule has 0 aliphatic heterocycles. The van der Waals surface area contributed by atoms with Gasteiger partial charge in [-0.1, -0.05) is 0 Å². The summed E-state index contributed by atoms with van der Waals surface area (Å²) in [5.41, 5.74) is 0. The van der Waals surface area contributed by atoms with Crippen LogP contribution >= 0.6 is 0 Å². The van der Waals surface area contributed by atoms with Gasteiger partial charge in [0.25, 0.3) is 0 Å². The highest BCUT2D eigenvalue weighted by atomic mass is 32.2. The molecule has 0 saturated carbocycles. The van der Waals surface area contributed by atoms with E-state index in [0.717, 1.165) is 0 Å². The van der Waals surface area contributed by atoms with E-state index in [1.165, 1.54) is 24.3 Å². The molecule has 0 fully saturated rings. The van der Waals surface area contributed by atoms with Crippen molar-refractivity contribution in [2.75, 3.05) is 19.8 Å². The van der Waals surface area contributed by atoms with Crippen LogP contribution in [-0.4, -0.2) is 34.1 Å². The molecule has 0 aliphatic carbocycles. The van der Waals surface area contributed by atoms with Crippen LogP contribution in [0.15, 0.2) is 41.3 Å². The van der Waals surface area contributed by atoms with Gasteiger partial charge < -0.3 is 9.47 Å². The van der Waals surface area contributed by atoms with Gasteiger partial charge >= 0.3 is 5.97 Å². The molecule has 0 saturated heterocycles. The number of carbonyl (C=O) groups is 1. The van der Waals surface area contributed by atoms with Gasteiger partial charge in [-0.3, -0.25) is 4.79 Å². The Morgan fingerprint density at radius 1 is 0.929 bits per heavy atom. The van der Waals surface area contributed by atoms with E-state index in [1.54, 1.807) is 4.72 Å². The third-order valence-electron chi connectivity index (χ3n) is 3.33. The van der Waals surface area contributed by atoms with Crippen LogP contribution in [0, 0.1) is 23.3 Å². The van der Waals surface area contributed by atoms with Crippen molar-refractivity contribution in [2.45, 2.75) is 11.3 Å². The summed E-state index contributed by atoms with van der Waals surface area (Å²) < 4.78 is 87.8. The lowest BCUT2D eigenvalue weighted by molar-refractivity contribution is -0.142. The van der Waals surface area contributed by atoms with Crippen molar-refractivity contribution in [3.05, 3.63) is 59.7 Å². The van der Waals surface area contributed by atoms with Crippen molar-refractivity contribution in [2.24, 2.45) is 0 Å². The van der Waals surface area contributed by atoms with E-state index in [0.29, 0.717) is 17.9 Å². The SMILES string of the molecule is O=C(CNS(=O)(=O)c1ccc(F)c(F)c1F)OCCCOc1ccc(F)cc1. The first-order valence-electron chi connectivity index (χ1n) is 7.88. The van der Waals surface area contributed by atoms with E-state index in [2.05, 4.69) is 0 Å². The van der Waals surface area contributed by atoms with Gasteiger partial charge in [-0.15, -0.1) is 0 Å². The molecular formula is C17H15F4NO5S. The summed E-state index contributed by atoms with van der Waals surface area (Å²) in [6, 6.07) is 6.27. The minimum atomic E-state index is -4.59.